The van der Waals surface area contributed by atoms with Crippen LogP contribution in [0.4, 0.5) is 0 Å². The van der Waals surface area contributed by atoms with Gasteiger partial charge in [-0.15, -0.1) is 0 Å². The van der Waals surface area contributed by atoms with Crippen molar-refractivity contribution in [1.82, 2.24) is 9.21 Å². The third-order valence-corrected chi connectivity index (χ3v) is 6.78. The van der Waals surface area contributed by atoms with Crippen LogP contribution >= 0.6 is 11.6 Å². The number of hydrogen-bond donors (Lipinski definition) is 0. The van der Waals surface area contributed by atoms with E-state index in [1.165, 1.54) is 15.9 Å². The highest BCUT2D eigenvalue weighted by molar-refractivity contribution is 7.89. The van der Waals surface area contributed by atoms with Crippen LogP contribution in [0, 0.1) is 0 Å². The molecule has 0 bridgehead atoms. The summed E-state index contributed by atoms with van der Waals surface area (Å²) in [6.07, 6.45) is 0.880. The second kappa shape index (κ2) is 8.39. The predicted octanol–water partition coefficient (Wildman–Crippen LogP) is 2.90. The molecule has 0 aromatic heterocycles. The first-order valence-corrected chi connectivity index (χ1v) is 10.4. The summed E-state index contributed by atoms with van der Waals surface area (Å²) in [6.45, 7) is 3.29. The average molecular weight is 395 g/mol. The maximum absolute atomic E-state index is 12.7. The zero-order chi connectivity index (χ0) is 18.6. The molecule has 3 rings (SSSR count). The second-order valence-corrected chi connectivity index (χ2v) is 8.64. The van der Waals surface area contributed by atoms with Gasteiger partial charge < -0.3 is 9.64 Å². The lowest BCUT2D eigenvalue weighted by molar-refractivity contribution is 0.190. The molecule has 0 radical (unpaired) electrons. The van der Waals surface area contributed by atoms with Crippen molar-refractivity contribution >= 4 is 21.6 Å². The van der Waals surface area contributed by atoms with E-state index < -0.39 is 10.0 Å². The van der Waals surface area contributed by atoms with Gasteiger partial charge in [0.05, 0.1) is 12.0 Å². The van der Waals surface area contributed by atoms with Crippen LogP contribution in [0.2, 0.25) is 5.02 Å². The Kier molecular flexibility index (Phi) is 6.19. The van der Waals surface area contributed by atoms with Crippen molar-refractivity contribution < 1.29 is 13.2 Å². The Morgan fingerprint density at radius 2 is 1.77 bits per heavy atom. The van der Waals surface area contributed by atoms with E-state index >= 15 is 0 Å². The summed E-state index contributed by atoms with van der Waals surface area (Å²) in [4.78, 5) is 2.55. The molecule has 1 saturated heterocycles. The predicted molar refractivity (Wildman–Crippen MR) is 103 cm³/mol. The zero-order valence-electron chi connectivity index (χ0n) is 14.8. The molecule has 5 nitrogen and oxygen atoms in total. The number of rotatable bonds is 6. The molecule has 140 valence electrons. The molecule has 0 unspecified atom stereocenters. The molecule has 1 aliphatic rings. The molecule has 0 amide bonds. The summed E-state index contributed by atoms with van der Waals surface area (Å²) in [5.74, 6) is 0.898. The highest BCUT2D eigenvalue weighted by Crippen LogP contribution is 2.22. The van der Waals surface area contributed by atoms with Gasteiger partial charge in [-0.3, -0.25) is 0 Å². The molecule has 7 heteroatoms. The molecule has 1 fully saturated rings. The van der Waals surface area contributed by atoms with Gasteiger partial charge in [0.2, 0.25) is 10.0 Å². The summed E-state index contributed by atoms with van der Waals surface area (Å²) >= 11 is 5.94. The standard InChI is InChI=1S/C19H23ClN2O3S/c1-25-19-8-3-2-5-16(19)9-10-21-11-13-22(14-12-21)26(23,24)18-7-4-6-17(20)15-18/h2-8,15H,9-14H2,1H3. The smallest absolute Gasteiger partial charge is 0.243 e. The summed E-state index contributed by atoms with van der Waals surface area (Å²) in [7, 11) is -1.80. The number of nitrogens with zero attached hydrogens (tertiary/aromatic N) is 2. The second-order valence-electron chi connectivity index (χ2n) is 6.26. The number of benzene rings is 2. The minimum absolute atomic E-state index is 0.257. The van der Waals surface area contributed by atoms with Gasteiger partial charge >= 0.3 is 0 Å². The number of hydrogen-bond acceptors (Lipinski definition) is 4. The fraction of sp³-hybridized carbons (Fsp3) is 0.368. The average Bonchev–Trinajstić information content (AvgIpc) is 2.67. The summed E-state index contributed by atoms with van der Waals surface area (Å²) in [5.41, 5.74) is 1.17. The molecule has 0 aliphatic carbocycles. The Bertz CT molecular complexity index is 849. The monoisotopic (exact) mass is 394 g/mol. The number of piperazine rings is 1. The van der Waals surface area contributed by atoms with E-state index in [1.54, 1.807) is 25.3 Å². The van der Waals surface area contributed by atoms with E-state index in [1.807, 2.05) is 18.2 Å². The van der Waals surface area contributed by atoms with Gasteiger partial charge in [-0.1, -0.05) is 35.9 Å². The van der Waals surface area contributed by atoms with Crippen LogP contribution in [0.1, 0.15) is 5.56 Å². The minimum atomic E-state index is -3.48. The van der Waals surface area contributed by atoms with Crippen LogP contribution in [0.15, 0.2) is 53.4 Å². The first kappa shape index (κ1) is 19.2. The number of para-hydroxylation sites is 1. The molecule has 2 aromatic rings. The van der Waals surface area contributed by atoms with E-state index in [0.29, 0.717) is 18.1 Å². The highest BCUT2D eigenvalue weighted by Gasteiger charge is 2.28. The Balaban J connectivity index is 1.57. The zero-order valence-corrected chi connectivity index (χ0v) is 16.3. The molecule has 1 heterocycles. The van der Waals surface area contributed by atoms with E-state index in [-0.39, 0.29) is 4.90 Å². The Labute approximate surface area is 160 Å². The normalized spacial score (nSPS) is 16.5. The molecule has 1 aliphatic heterocycles. The molecule has 0 atom stereocenters. The molecule has 0 saturated carbocycles. The van der Waals surface area contributed by atoms with Gasteiger partial charge in [0.1, 0.15) is 5.75 Å². The summed E-state index contributed by atoms with van der Waals surface area (Å²) < 4.78 is 32.4. The lowest BCUT2D eigenvalue weighted by Gasteiger charge is -2.34. The number of sulfonamides is 1. The van der Waals surface area contributed by atoms with Crippen LogP contribution in [-0.4, -0.2) is 57.5 Å². The topological polar surface area (TPSA) is 49.9 Å². The van der Waals surface area contributed by atoms with Crippen LogP contribution < -0.4 is 4.74 Å². The number of methoxy groups -OCH3 is 1. The van der Waals surface area contributed by atoms with Crippen molar-refractivity contribution in [3.05, 3.63) is 59.1 Å². The fourth-order valence-corrected chi connectivity index (χ4v) is 4.88. The Hall–Kier alpha value is -1.60. The van der Waals surface area contributed by atoms with Crippen LogP contribution in [0.3, 0.4) is 0 Å². The fourth-order valence-electron chi connectivity index (χ4n) is 3.16. The van der Waals surface area contributed by atoms with Crippen molar-refractivity contribution in [3.63, 3.8) is 0 Å². The minimum Gasteiger partial charge on any atom is -0.496 e. The third-order valence-electron chi connectivity index (χ3n) is 4.66. The largest absolute Gasteiger partial charge is 0.496 e. The van der Waals surface area contributed by atoms with Gasteiger partial charge in [0.25, 0.3) is 0 Å². The first-order valence-electron chi connectivity index (χ1n) is 8.60. The molecular formula is C19H23ClN2O3S. The maximum atomic E-state index is 12.7. The highest BCUT2D eigenvalue weighted by atomic mass is 35.5. The van der Waals surface area contributed by atoms with Crippen LogP contribution in [0.5, 0.6) is 5.75 Å². The quantitative estimate of drug-likeness (QED) is 0.755. The molecular weight excluding hydrogens is 372 g/mol. The van der Waals surface area contributed by atoms with Crippen molar-refractivity contribution in [2.75, 3.05) is 39.8 Å². The summed E-state index contributed by atoms with van der Waals surface area (Å²) in [5, 5.41) is 0.432. The SMILES string of the molecule is COc1ccccc1CCN1CCN(S(=O)(=O)c2cccc(Cl)c2)CC1. The van der Waals surface area contributed by atoms with E-state index in [0.717, 1.165) is 31.8 Å². The lowest BCUT2D eigenvalue weighted by atomic mass is 10.1. The lowest BCUT2D eigenvalue weighted by Crippen LogP contribution is -2.49. The van der Waals surface area contributed by atoms with Gasteiger partial charge in [0, 0.05) is 37.7 Å². The number of halogens is 1. The van der Waals surface area contributed by atoms with Crippen molar-refractivity contribution in [2.45, 2.75) is 11.3 Å². The maximum Gasteiger partial charge on any atom is 0.243 e. The molecule has 0 N–H and O–H groups in total. The van der Waals surface area contributed by atoms with Gasteiger partial charge in [-0.25, -0.2) is 8.42 Å². The van der Waals surface area contributed by atoms with Crippen molar-refractivity contribution in [1.29, 1.82) is 0 Å². The first-order chi connectivity index (χ1) is 12.5. The molecule has 26 heavy (non-hydrogen) atoms. The van der Waals surface area contributed by atoms with Crippen molar-refractivity contribution in [2.24, 2.45) is 0 Å². The Morgan fingerprint density at radius 1 is 1.04 bits per heavy atom. The van der Waals surface area contributed by atoms with E-state index in [4.69, 9.17) is 16.3 Å². The van der Waals surface area contributed by atoms with E-state index in [2.05, 4.69) is 11.0 Å². The molecule has 0 spiro atoms. The Morgan fingerprint density at radius 3 is 2.46 bits per heavy atom. The third kappa shape index (κ3) is 4.38. The van der Waals surface area contributed by atoms with E-state index in [9.17, 15) is 8.42 Å². The van der Waals surface area contributed by atoms with Crippen LogP contribution in [0.25, 0.3) is 0 Å². The van der Waals surface area contributed by atoms with Crippen molar-refractivity contribution in [3.8, 4) is 5.75 Å². The number of ether oxygens (including phenoxy) is 1. The van der Waals surface area contributed by atoms with Gasteiger partial charge in [-0.2, -0.15) is 4.31 Å². The van der Waals surface area contributed by atoms with Gasteiger partial charge in [-0.05, 0) is 36.2 Å². The summed E-state index contributed by atoms with van der Waals surface area (Å²) in [6, 6.07) is 14.4. The molecule has 2 aromatic carbocycles. The van der Waals surface area contributed by atoms with Crippen LogP contribution in [-0.2, 0) is 16.4 Å². The van der Waals surface area contributed by atoms with Gasteiger partial charge in [0.15, 0.2) is 0 Å².